The maximum absolute atomic E-state index is 14.7. The van der Waals surface area contributed by atoms with E-state index in [4.69, 9.17) is 19.2 Å². The van der Waals surface area contributed by atoms with Crippen LogP contribution in [-0.4, -0.2) is 75.6 Å². The lowest BCUT2D eigenvalue weighted by Gasteiger charge is -2.37. The van der Waals surface area contributed by atoms with Crippen LogP contribution in [0.1, 0.15) is 54.4 Å². The lowest BCUT2D eigenvalue weighted by molar-refractivity contribution is 0.0275. The SMILES string of the molecule is CC(C)(C)OC(=O)N1CC[C@H](Oc2ccc(-c3ccc4cc(OC5CCN(C(=O)O)C5C(C)(C)C)c(-c5ccc(F)c(F)c5)cc4n3)cc2-c2ccc(F)cc2)C1. The fraction of sp³-hybridized carbons (Fsp3) is 0.356. The van der Waals surface area contributed by atoms with Crippen LogP contribution in [0.25, 0.3) is 44.4 Å². The number of rotatable bonds is 7. The number of likely N-dealkylation sites (tertiary alicyclic amines) is 2. The number of halogens is 3. The van der Waals surface area contributed by atoms with Crippen molar-refractivity contribution in [1.29, 1.82) is 0 Å². The molecule has 298 valence electrons. The Labute approximate surface area is 330 Å². The number of nitrogens with zero attached hydrogens (tertiary/aromatic N) is 3. The predicted molar refractivity (Wildman–Crippen MR) is 212 cm³/mol. The van der Waals surface area contributed by atoms with E-state index in [1.807, 2.05) is 71.9 Å². The molecule has 5 aromatic rings. The summed E-state index contributed by atoms with van der Waals surface area (Å²) in [6.07, 6.45) is -1.14. The molecule has 0 spiro atoms. The Balaban J connectivity index is 1.25. The maximum Gasteiger partial charge on any atom is 0.410 e. The zero-order chi connectivity index (χ0) is 40.8. The molecular weight excluding hydrogens is 736 g/mol. The summed E-state index contributed by atoms with van der Waals surface area (Å²) in [5, 5.41) is 10.7. The Morgan fingerprint density at radius 2 is 1.44 bits per heavy atom. The molecule has 0 radical (unpaired) electrons. The fourth-order valence-electron chi connectivity index (χ4n) is 7.73. The van der Waals surface area contributed by atoms with Crippen molar-refractivity contribution in [2.75, 3.05) is 19.6 Å². The van der Waals surface area contributed by atoms with E-state index in [1.54, 1.807) is 29.2 Å². The van der Waals surface area contributed by atoms with Crippen LogP contribution >= 0.6 is 0 Å². The zero-order valence-corrected chi connectivity index (χ0v) is 32.8. The van der Waals surface area contributed by atoms with Gasteiger partial charge >= 0.3 is 12.2 Å². The van der Waals surface area contributed by atoms with Crippen molar-refractivity contribution in [1.82, 2.24) is 14.8 Å². The molecule has 2 saturated heterocycles. The molecule has 1 aromatic heterocycles. The zero-order valence-electron chi connectivity index (χ0n) is 32.8. The van der Waals surface area contributed by atoms with Crippen LogP contribution < -0.4 is 9.47 Å². The third-order valence-corrected chi connectivity index (χ3v) is 10.3. The molecule has 0 bridgehead atoms. The smallest absolute Gasteiger partial charge is 0.410 e. The van der Waals surface area contributed by atoms with E-state index in [-0.39, 0.29) is 11.9 Å². The van der Waals surface area contributed by atoms with E-state index < -0.39 is 47.0 Å². The summed E-state index contributed by atoms with van der Waals surface area (Å²) in [6, 6.07) is 22.3. The molecule has 2 amide bonds. The Morgan fingerprint density at radius 3 is 2.12 bits per heavy atom. The standard InChI is InChI=1S/C45H46F3N3O6/c1-44(2,3)41-39(18-20-51(41)42(52)53)56-40-23-29-10-15-36(49-37(29)24-33(40)27-9-14-34(47)35(48)22-27)28-11-16-38(32(21-28)26-7-12-30(46)13-8-26)55-31-17-19-50(25-31)43(54)57-45(4,5)6/h7-16,21-24,31,39,41H,17-20,25H2,1-6H3,(H,52,53)/t31-,39?,41?/m0/s1. The first-order valence-electron chi connectivity index (χ1n) is 19.0. The highest BCUT2D eigenvalue weighted by molar-refractivity contribution is 5.90. The molecule has 3 atom stereocenters. The largest absolute Gasteiger partial charge is 0.488 e. The van der Waals surface area contributed by atoms with E-state index in [0.29, 0.717) is 71.9 Å². The summed E-state index contributed by atoms with van der Waals surface area (Å²) < 4.78 is 61.5. The fourth-order valence-corrected chi connectivity index (χ4v) is 7.73. The summed E-state index contributed by atoms with van der Waals surface area (Å²) in [7, 11) is 0. The number of benzene rings is 4. The summed E-state index contributed by atoms with van der Waals surface area (Å²) in [4.78, 5) is 32.9. The summed E-state index contributed by atoms with van der Waals surface area (Å²) in [5.41, 5.74) is 3.12. The molecule has 1 N–H and O–H groups in total. The number of pyridine rings is 1. The molecule has 0 saturated carbocycles. The minimum absolute atomic E-state index is 0.289. The van der Waals surface area contributed by atoms with Gasteiger partial charge in [-0.2, -0.15) is 0 Å². The molecule has 57 heavy (non-hydrogen) atoms. The van der Waals surface area contributed by atoms with Gasteiger partial charge in [-0.15, -0.1) is 0 Å². The molecule has 2 aliphatic heterocycles. The third-order valence-electron chi connectivity index (χ3n) is 10.3. The number of carbonyl (C=O) groups excluding carboxylic acids is 1. The Morgan fingerprint density at radius 1 is 0.737 bits per heavy atom. The molecule has 12 heteroatoms. The van der Waals surface area contributed by atoms with E-state index in [9.17, 15) is 27.9 Å². The number of fused-ring (bicyclic) bond motifs is 1. The van der Waals surface area contributed by atoms with Crippen LogP contribution in [0.4, 0.5) is 22.8 Å². The van der Waals surface area contributed by atoms with Crippen molar-refractivity contribution in [2.45, 2.75) is 78.2 Å². The maximum atomic E-state index is 14.7. The lowest BCUT2D eigenvalue weighted by Crippen LogP contribution is -2.48. The quantitative estimate of drug-likeness (QED) is 0.175. The molecule has 2 aliphatic rings. The monoisotopic (exact) mass is 781 g/mol. The minimum Gasteiger partial charge on any atom is -0.488 e. The highest BCUT2D eigenvalue weighted by Gasteiger charge is 2.45. The highest BCUT2D eigenvalue weighted by Crippen LogP contribution is 2.41. The molecular formula is C45H46F3N3O6. The molecule has 4 aromatic carbocycles. The predicted octanol–water partition coefficient (Wildman–Crippen LogP) is 10.6. The molecule has 2 unspecified atom stereocenters. The van der Waals surface area contributed by atoms with Crippen LogP contribution in [0.2, 0.25) is 0 Å². The number of aromatic nitrogens is 1. The second kappa shape index (κ2) is 15.3. The van der Waals surface area contributed by atoms with Crippen LogP contribution in [-0.2, 0) is 4.74 Å². The van der Waals surface area contributed by atoms with E-state index >= 15 is 0 Å². The Bertz CT molecular complexity index is 2320. The van der Waals surface area contributed by atoms with Crippen molar-refractivity contribution < 1.29 is 42.1 Å². The number of hydrogen-bond acceptors (Lipinski definition) is 6. The number of carbonyl (C=O) groups is 2. The van der Waals surface area contributed by atoms with Crippen LogP contribution in [0, 0.1) is 22.9 Å². The van der Waals surface area contributed by atoms with Crippen LogP contribution in [0.15, 0.2) is 84.9 Å². The molecule has 7 rings (SSSR count). The molecule has 0 aliphatic carbocycles. The number of amides is 2. The normalized spacial score (nSPS) is 18.6. The van der Waals surface area contributed by atoms with Crippen molar-refractivity contribution in [3.05, 3.63) is 102 Å². The third kappa shape index (κ3) is 8.65. The van der Waals surface area contributed by atoms with Crippen molar-refractivity contribution in [2.24, 2.45) is 5.41 Å². The van der Waals surface area contributed by atoms with Gasteiger partial charge in [0.2, 0.25) is 0 Å². The van der Waals surface area contributed by atoms with Crippen LogP contribution in [0.5, 0.6) is 11.5 Å². The summed E-state index contributed by atoms with van der Waals surface area (Å²) in [6.45, 7) is 12.5. The Hall–Kier alpha value is -5.78. The topological polar surface area (TPSA) is 101 Å². The second-order valence-corrected chi connectivity index (χ2v) is 16.8. The molecule has 9 nitrogen and oxygen atoms in total. The molecule has 2 fully saturated rings. The lowest BCUT2D eigenvalue weighted by atomic mass is 9.83. The van der Waals surface area contributed by atoms with E-state index in [1.165, 1.54) is 23.1 Å². The van der Waals surface area contributed by atoms with Gasteiger partial charge in [-0.1, -0.05) is 45.0 Å². The average Bonchev–Trinajstić information content (AvgIpc) is 3.80. The van der Waals surface area contributed by atoms with Gasteiger partial charge < -0.3 is 29.1 Å². The summed E-state index contributed by atoms with van der Waals surface area (Å²) >= 11 is 0. The van der Waals surface area contributed by atoms with Crippen LogP contribution in [0.3, 0.4) is 0 Å². The highest BCUT2D eigenvalue weighted by atomic mass is 19.2. The van der Waals surface area contributed by atoms with Gasteiger partial charge in [0.1, 0.15) is 35.1 Å². The second-order valence-electron chi connectivity index (χ2n) is 16.8. The van der Waals surface area contributed by atoms with Crippen molar-refractivity contribution in [3.8, 4) is 45.0 Å². The first kappa shape index (κ1) is 39.5. The first-order valence-corrected chi connectivity index (χ1v) is 19.0. The molecule has 3 heterocycles. The van der Waals surface area contributed by atoms with Crippen molar-refractivity contribution in [3.63, 3.8) is 0 Å². The van der Waals surface area contributed by atoms with E-state index in [0.717, 1.165) is 28.6 Å². The van der Waals surface area contributed by atoms with Gasteiger partial charge in [0.25, 0.3) is 0 Å². The number of hydrogen-bond donors (Lipinski definition) is 1. The van der Waals surface area contributed by atoms with Gasteiger partial charge in [0, 0.05) is 48.0 Å². The van der Waals surface area contributed by atoms with Gasteiger partial charge in [-0.3, -0.25) is 0 Å². The first-order chi connectivity index (χ1) is 26.9. The van der Waals surface area contributed by atoms with Crippen molar-refractivity contribution >= 4 is 23.1 Å². The van der Waals surface area contributed by atoms with E-state index in [2.05, 4.69) is 0 Å². The van der Waals surface area contributed by atoms with Gasteiger partial charge in [0.15, 0.2) is 11.6 Å². The number of carboxylic acid groups (broad SMARTS) is 1. The average molecular weight is 782 g/mol. The van der Waals surface area contributed by atoms with Gasteiger partial charge in [-0.05, 0) is 98.0 Å². The van der Waals surface area contributed by atoms with Gasteiger partial charge in [-0.25, -0.2) is 27.7 Å². The van der Waals surface area contributed by atoms with Gasteiger partial charge in [0.05, 0.1) is 23.8 Å². The Kier molecular flexibility index (Phi) is 10.6. The number of ether oxygens (including phenoxy) is 3. The summed E-state index contributed by atoms with van der Waals surface area (Å²) in [5.74, 6) is -1.42. The minimum atomic E-state index is -1.03.